The Kier molecular flexibility index (Phi) is 2.05. The summed E-state index contributed by atoms with van der Waals surface area (Å²) in [4.78, 5) is 10.8. The molecule has 2 heteroatoms. The molecule has 0 spiro atoms. The smallest absolute Gasteiger partial charge is 0.154 e. The molecule has 2 nitrogen and oxygen atoms in total. The van der Waals surface area contributed by atoms with Crippen LogP contribution >= 0.6 is 0 Å². The van der Waals surface area contributed by atoms with Gasteiger partial charge in [-0.2, -0.15) is 0 Å². The zero-order chi connectivity index (χ0) is 9.26. The van der Waals surface area contributed by atoms with Crippen LogP contribution in [0.4, 0.5) is 0 Å². The molecule has 1 aromatic carbocycles. The van der Waals surface area contributed by atoms with Gasteiger partial charge in [0.2, 0.25) is 0 Å². The van der Waals surface area contributed by atoms with Crippen molar-refractivity contribution in [3.8, 4) is 5.75 Å². The van der Waals surface area contributed by atoms with Gasteiger partial charge in [0.25, 0.3) is 0 Å². The van der Waals surface area contributed by atoms with E-state index in [1.807, 2.05) is 13.0 Å². The van der Waals surface area contributed by atoms with E-state index in [4.69, 9.17) is 4.74 Å². The summed E-state index contributed by atoms with van der Waals surface area (Å²) in [6.07, 6.45) is 2.96. The predicted octanol–water partition coefficient (Wildman–Crippen LogP) is 2.13. The summed E-state index contributed by atoms with van der Waals surface area (Å²) in [6.45, 7) is 2.67. The minimum absolute atomic E-state index is 0.720. The maximum Gasteiger partial charge on any atom is 0.154 e. The first kappa shape index (κ1) is 8.30. The normalized spacial score (nSPS) is 14.5. The number of rotatable bonds is 1. The summed E-state index contributed by atoms with van der Waals surface area (Å²) < 4.78 is 5.50. The second-order valence-electron chi connectivity index (χ2n) is 3.35. The second kappa shape index (κ2) is 3.21. The molecular formula is C11H12O2. The fraction of sp³-hybridized carbons (Fsp3) is 0.364. The van der Waals surface area contributed by atoms with Gasteiger partial charge in [0, 0.05) is 0 Å². The quantitative estimate of drug-likeness (QED) is 0.613. The number of aldehydes is 1. The molecule has 68 valence electrons. The largest absolute Gasteiger partial charge is 0.493 e. The van der Waals surface area contributed by atoms with Crippen molar-refractivity contribution < 1.29 is 9.53 Å². The van der Waals surface area contributed by atoms with Crippen LogP contribution in [0.15, 0.2) is 12.1 Å². The van der Waals surface area contributed by atoms with E-state index in [1.165, 1.54) is 5.56 Å². The molecule has 1 aliphatic rings. The SMILES string of the molecule is Cc1ccc2c(c1C=O)OCCC2. The molecule has 0 aliphatic carbocycles. The molecular weight excluding hydrogens is 164 g/mol. The lowest BCUT2D eigenvalue weighted by Gasteiger charge is -2.19. The Balaban J connectivity index is 2.58. The van der Waals surface area contributed by atoms with E-state index in [0.717, 1.165) is 42.6 Å². The van der Waals surface area contributed by atoms with Gasteiger partial charge in [-0.1, -0.05) is 12.1 Å². The molecule has 0 atom stereocenters. The third-order valence-corrected chi connectivity index (χ3v) is 2.45. The van der Waals surface area contributed by atoms with E-state index in [1.54, 1.807) is 0 Å². The van der Waals surface area contributed by atoms with E-state index < -0.39 is 0 Å². The summed E-state index contributed by atoms with van der Waals surface area (Å²) in [7, 11) is 0. The fourth-order valence-electron chi connectivity index (χ4n) is 1.69. The molecule has 13 heavy (non-hydrogen) atoms. The van der Waals surface area contributed by atoms with E-state index in [0.29, 0.717) is 0 Å². The van der Waals surface area contributed by atoms with Crippen LogP contribution in [0, 0.1) is 6.92 Å². The highest BCUT2D eigenvalue weighted by atomic mass is 16.5. The van der Waals surface area contributed by atoms with Gasteiger partial charge < -0.3 is 4.74 Å². The third kappa shape index (κ3) is 1.32. The second-order valence-corrected chi connectivity index (χ2v) is 3.35. The zero-order valence-corrected chi connectivity index (χ0v) is 7.67. The van der Waals surface area contributed by atoms with E-state index in [-0.39, 0.29) is 0 Å². The summed E-state index contributed by atoms with van der Waals surface area (Å²) in [6, 6.07) is 4.04. The molecule has 0 unspecified atom stereocenters. The molecule has 0 saturated heterocycles. The molecule has 0 N–H and O–H groups in total. The van der Waals surface area contributed by atoms with Crippen LogP contribution in [0.25, 0.3) is 0 Å². The number of fused-ring (bicyclic) bond motifs is 1. The topological polar surface area (TPSA) is 26.3 Å². The van der Waals surface area contributed by atoms with Gasteiger partial charge >= 0.3 is 0 Å². The number of hydrogen-bond donors (Lipinski definition) is 0. The maximum absolute atomic E-state index is 10.8. The lowest BCUT2D eigenvalue weighted by atomic mass is 9.99. The Morgan fingerprint density at radius 3 is 3.08 bits per heavy atom. The molecule has 1 aliphatic heterocycles. The van der Waals surface area contributed by atoms with Gasteiger partial charge in [-0.15, -0.1) is 0 Å². The van der Waals surface area contributed by atoms with Crippen LogP contribution < -0.4 is 4.74 Å². The summed E-state index contributed by atoms with van der Waals surface area (Å²) in [5.74, 6) is 0.807. The van der Waals surface area contributed by atoms with E-state index in [2.05, 4.69) is 6.07 Å². The van der Waals surface area contributed by atoms with Crippen LogP contribution in [-0.4, -0.2) is 12.9 Å². The van der Waals surface area contributed by atoms with E-state index in [9.17, 15) is 4.79 Å². The monoisotopic (exact) mass is 176 g/mol. The minimum atomic E-state index is 0.720. The van der Waals surface area contributed by atoms with Crippen molar-refractivity contribution in [3.63, 3.8) is 0 Å². The van der Waals surface area contributed by atoms with Gasteiger partial charge in [-0.25, -0.2) is 0 Å². The summed E-state index contributed by atoms with van der Waals surface area (Å²) in [5.41, 5.74) is 2.88. The average molecular weight is 176 g/mol. The van der Waals surface area contributed by atoms with Crippen molar-refractivity contribution in [1.82, 2.24) is 0 Å². The van der Waals surface area contributed by atoms with Gasteiger partial charge in [0.1, 0.15) is 5.75 Å². The van der Waals surface area contributed by atoms with Gasteiger partial charge in [0.15, 0.2) is 6.29 Å². The first-order valence-corrected chi connectivity index (χ1v) is 4.53. The molecule has 2 rings (SSSR count). The Bertz CT molecular complexity index is 342. The Morgan fingerprint density at radius 2 is 2.31 bits per heavy atom. The molecule has 0 saturated carbocycles. The third-order valence-electron chi connectivity index (χ3n) is 2.45. The highest BCUT2D eigenvalue weighted by Crippen LogP contribution is 2.29. The summed E-state index contributed by atoms with van der Waals surface area (Å²) in [5, 5.41) is 0. The predicted molar refractivity (Wildman–Crippen MR) is 50.4 cm³/mol. The van der Waals surface area contributed by atoms with Crippen molar-refractivity contribution in [3.05, 3.63) is 28.8 Å². The van der Waals surface area contributed by atoms with Gasteiger partial charge in [-0.3, -0.25) is 4.79 Å². The van der Waals surface area contributed by atoms with Crippen LogP contribution in [-0.2, 0) is 6.42 Å². The zero-order valence-electron chi connectivity index (χ0n) is 7.67. The fourth-order valence-corrected chi connectivity index (χ4v) is 1.69. The highest BCUT2D eigenvalue weighted by molar-refractivity contribution is 5.82. The number of hydrogen-bond acceptors (Lipinski definition) is 2. The van der Waals surface area contributed by atoms with Crippen LogP contribution in [0.2, 0.25) is 0 Å². The van der Waals surface area contributed by atoms with E-state index >= 15 is 0 Å². The number of carbonyl (C=O) groups excluding carboxylic acids is 1. The Morgan fingerprint density at radius 1 is 1.46 bits per heavy atom. The van der Waals surface area contributed by atoms with Gasteiger partial charge in [-0.05, 0) is 30.9 Å². The number of aryl methyl sites for hydroxylation is 2. The van der Waals surface area contributed by atoms with Gasteiger partial charge in [0.05, 0.1) is 12.2 Å². The minimum Gasteiger partial charge on any atom is -0.493 e. The molecule has 1 heterocycles. The van der Waals surface area contributed by atoms with Crippen molar-refractivity contribution in [1.29, 1.82) is 0 Å². The standard InChI is InChI=1S/C11H12O2/c1-8-4-5-9-3-2-6-13-11(9)10(8)7-12/h4-5,7H,2-3,6H2,1H3. The van der Waals surface area contributed by atoms with Crippen molar-refractivity contribution in [2.75, 3.05) is 6.61 Å². The first-order chi connectivity index (χ1) is 6.33. The molecule has 0 radical (unpaired) electrons. The summed E-state index contributed by atoms with van der Waals surface area (Å²) >= 11 is 0. The molecule has 0 amide bonds. The lowest BCUT2D eigenvalue weighted by Crippen LogP contribution is -2.11. The molecule has 1 aromatic rings. The van der Waals surface area contributed by atoms with Crippen molar-refractivity contribution in [2.24, 2.45) is 0 Å². The molecule has 0 aromatic heterocycles. The Labute approximate surface area is 77.5 Å². The molecule has 0 bridgehead atoms. The maximum atomic E-state index is 10.8. The first-order valence-electron chi connectivity index (χ1n) is 4.53. The number of ether oxygens (including phenoxy) is 1. The Hall–Kier alpha value is -1.31. The van der Waals surface area contributed by atoms with Crippen LogP contribution in [0.1, 0.15) is 27.9 Å². The highest BCUT2D eigenvalue weighted by Gasteiger charge is 2.15. The average Bonchev–Trinajstić information content (AvgIpc) is 2.18. The number of carbonyl (C=O) groups is 1. The van der Waals surface area contributed by atoms with Crippen molar-refractivity contribution >= 4 is 6.29 Å². The lowest BCUT2D eigenvalue weighted by molar-refractivity contribution is 0.111. The van der Waals surface area contributed by atoms with Crippen LogP contribution in [0.3, 0.4) is 0 Å². The molecule has 0 fully saturated rings. The number of benzene rings is 1. The van der Waals surface area contributed by atoms with Crippen LogP contribution in [0.5, 0.6) is 5.75 Å². The van der Waals surface area contributed by atoms with Crippen molar-refractivity contribution in [2.45, 2.75) is 19.8 Å².